The maximum absolute atomic E-state index is 11.2. The molecule has 0 aromatic heterocycles. The molecule has 3 aliphatic rings. The number of ether oxygens (including phenoxy) is 1. The molecule has 4 heteroatoms. The van der Waals surface area contributed by atoms with Gasteiger partial charge in [-0.1, -0.05) is 26.0 Å². The minimum Gasteiger partial charge on any atom is -0.390 e. The molecule has 3 fully saturated rings. The molecule has 4 nitrogen and oxygen atoms in total. The van der Waals surface area contributed by atoms with Crippen molar-refractivity contribution >= 4 is 0 Å². The van der Waals surface area contributed by atoms with E-state index in [0.717, 1.165) is 12.8 Å². The van der Waals surface area contributed by atoms with Crippen LogP contribution in [0.1, 0.15) is 59.8 Å². The molecule has 0 unspecified atom stereocenters. The Bertz CT molecular complexity index is 496. The highest BCUT2D eigenvalue weighted by Crippen LogP contribution is 2.55. The third-order valence-corrected chi connectivity index (χ3v) is 6.98. The molecule has 3 rings (SSSR count). The van der Waals surface area contributed by atoms with Crippen LogP contribution in [0.25, 0.3) is 0 Å². The molecule has 1 aliphatic carbocycles. The summed E-state index contributed by atoms with van der Waals surface area (Å²) in [6, 6.07) is 0. The van der Waals surface area contributed by atoms with Gasteiger partial charge in [0, 0.05) is 12.3 Å². The van der Waals surface area contributed by atoms with Gasteiger partial charge >= 0.3 is 0 Å². The number of rotatable bonds is 1. The van der Waals surface area contributed by atoms with Crippen molar-refractivity contribution in [1.82, 2.24) is 0 Å². The largest absolute Gasteiger partial charge is 0.390 e. The minimum atomic E-state index is -1.20. The molecule has 0 aromatic rings. The van der Waals surface area contributed by atoms with E-state index in [-0.39, 0.29) is 24.0 Å². The summed E-state index contributed by atoms with van der Waals surface area (Å²) in [5, 5.41) is 32.3. The van der Waals surface area contributed by atoms with E-state index in [1.165, 1.54) is 5.57 Å². The van der Waals surface area contributed by atoms with Crippen LogP contribution in [-0.4, -0.2) is 44.8 Å². The van der Waals surface area contributed by atoms with E-state index in [9.17, 15) is 15.3 Å². The van der Waals surface area contributed by atoms with Gasteiger partial charge in [0.05, 0.1) is 29.5 Å². The van der Waals surface area contributed by atoms with Crippen molar-refractivity contribution in [2.45, 2.75) is 89.3 Å². The summed E-state index contributed by atoms with van der Waals surface area (Å²) in [7, 11) is 0. The topological polar surface area (TPSA) is 69.9 Å². The number of fused-ring (bicyclic) bond motifs is 5. The van der Waals surface area contributed by atoms with E-state index in [2.05, 4.69) is 20.4 Å². The summed E-state index contributed by atoms with van der Waals surface area (Å²) < 4.78 is 6.40. The van der Waals surface area contributed by atoms with Gasteiger partial charge in [0.15, 0.2) is 0 Å². The lowest BCUT2D eigenvalue weighted by atomic mass is 9.60. The molecule has 24 heavy (non-hydrogen) atoms. The fourth-order valence-electron chi connectivity index (χ4n) is 5.48. The number of aliphatic hydroxyl groups excluding tert-OH is 1. The van der Waals surface area contributed by atoms with Gasteiger partial charge in [-0.15, -0.1) is 0 Å². The van der Waals surface area contributed by atoms with Gasteiger partial charge in [-0.3, -0.25) is 0 Å². The molecule has 8 atom stereocenters. The maximum atomic E-state index is 11.2. The predicted molar refractivity (Wildman–Crippen MR) is 93.4 cm³/mol. The normalized spacial score (nSPS) is 52.6. The Balaban J connectivity index is 2.02. The smallest absolute Gasteiger partial charge is 0.0902 e. The average molecular weight is 338 g/mol. The zero-order chi connectivity index (χ0) is 17.9. The first kappa shape index (κ1) is 18.4. The second-order valence-corrected chi connectivity index (χ2v) is 9.28. The van der Waals surface area contributed by atoms with E-state index in [4.69, 9.17) is 4.74 Å². The first-order valence-electron chi connectivity index (χ1n) is 9.50. The molecule has 2 saturated heterocycles. The van der Waals surface area contributed by atoms with Crippen molar-refractivity contribution in [3.05, 3.63) is 12.2 Å². The molecule has 0 spiro atoms. The van der Waals surface area contributed by atoms with Gasteiger partial charge in [-0.2, -0.15) is 0 Å². The molecule has 2 heterocycles. The van der Waals surface area contributed by atoms with E-state index < -0.39 is 17.3 Å². The summed E-state index contributed by atoms with van der Waals surface area (Å²) in [6.07, 6.45) is 2.03. The van der Waals surface area contributed by atoms with E-state index >= 15 is 0 Å². The van der Waals surface area contributed by atoms with Crippen LogP contribution in [0.2, 0.25) is 0 Å². The van der Waals surface area contributed by atoms with Crippen LogP contribution in [0.15, 0.2) is 12.2 Å². The van der Waals surface area contributed by atoms with Gasteiger partial charge in [-0.05, 0) is 57.3 Å². The Morgan fingerprint density at radius 3 is 2.46 bits per heavy atom. The number of hydrogen-bond donors (Lipinski definition) is 3. The standard InChI is InChI=1S/C20H34O4/c1-11(2)13-7-6-12(3)16-14-10-20(5,23)15(21)8-9-19(4,22)18(24-14)17(13)16/h11,13-18,21-23H,3,6-10H2,1-2,4-5H3/t13-,14-,15+,16-,17-,18-,19+,20+/m1/s1. The molecular formula is C20H34O4. The van der Waals surface area contributed by atoms with Gasteiger partial charge in [0.1, 0.15) is 0 Å². The van der Waals surface area contributed by atoms with Crippen LogP contribution in [-0.2, 0) is 4.74 Å². The fourth-order valence-corrected chi connectivity index (χ4v) is 5.48. The second kappa shape index (κ2) is 6.08. The van der Waals surface area contributed by atoms with Crippen LogP contribution < -0.4 is 0 Å². The maximum Gasteiger partial charge on any atom is 0.0902 e. The van der Waals surface area contributed by atoms with Crippen LogP contribution in [0.3, 0.4) is 0 Å². The minimum absolute atomic E-state index is 0.166. The number of aliphatic hydroxyl groups is 3. The molecular weight excluding hydrogens is 304 g/mol. The summed E-state index contributed by atoms with van der Waals surface area (Å²) in [5.41, 5.74) is -1.01. The average Bonchev–Trinajstić information content (AvgIpc) is 2.85. The summed E-state index contributed by atoms with van der Waals surface area (Å²) >= 11 is 0. The Labute approximate surface area is 145 Å². The fraction of sp³-hybridized carbons (Fsp3) is 0.900. The highest BCUT2D eigenvalue weighted by Gasteiger charge is 2.58. The van der Waals surface area contributed by atoms with Crippen molar-refractivity contribution in [2.75, 3.05) is 0 Å². The predicted octanol–water partition coefficient (Wildman–Crippen LogP) is 2.66. The van der Waals surface area contributed by atoms with Crippen LogP contribution in [0.4, 0.5) is 0 Å². The summed E-state index contributed by atoms with van der Waals surface area (Å²) in [5.74, 6) is 1.44. The zero-order valence-electron chi connectivity index (χ0n) is 15.5. The SMILES string of the molecule is C=C1CC[C@H](C(C)C)[C@@H]2[C@H]1[C@H]1C[C@](C)(O)[C@@H](O)CC[C@](C)(O)[C@@H]2O1. The third kappa shape index (κ3) is 2.96. The van der Waals surface area contributed by atoms with Crippen molar-refractivity contribution in [3.63, 3.8) is 0 Å². The summed E-state index contributed by atoms with van der Waals surface area (Å²) in [4.78, 5) is 0. The van der Waals surface area contributed by atoms with E-state index in [1.807, 2.05) is 6.92 Å². The first-order chi connectivity index (χ1) is 11.0. The lowest BCUT2D eigenvalue weighted by molar-refractivity contribution is -0.120. The Hall–Kier alpha value is -0.420. The van der Waals surface area contributed by atoms with Crippen molar-refractivity contribution < 1.29 is 20.1 Å². The monoisotopic (exact) mass is 338 g/mol. The summed E-state index contributed by atoms with van der Waals surface area (Å²) in [6.45, 7) is 12.3. The van der Waals surface area contributed by atoms with Crippen LogP contribution in [0, 0.1) is 23.7 Å². The second-order valence-electron chi connectivity index (χ2n) is 9.28. The van der Waals surface area contributed by atoms with Gasteiger partial charge < -0.3 is 20.1 Å². The molecule has 3 N–H and O–H groups in total. The lowest BCUT2D eigenvalue weighted by Crippen LogP contribution is -2.50. The van der Waals surface area contributed by atoms with Gasteiger partial charge in [0.25, 0.3) is 0 Å². The lowest BCUT2D eigenvalue weighted by Gasteiger charge is -2.44. The zero-order valence-corrected chi connectivity index (χ0v) is 15.5. The first-order valence-corrected chi connectivity index (χ1v) is 9.50. The Morgan fingerprint density at radius 2 is 1.83 bits per heavy atom. The molecule has 0 radical (unpaired) electrons. The van der Waals surface area contributed by atoms with E-state index in [1.54, 1.807) is 6.92 Å². The van der Waals surface area contributed by atoms with Crippen molar-refractivity contribution in [3.8, 4) is 0 Å². The number of hydrogen-bond acceptors (Lipinski definition) is 4. The van der Waals surface area contributed by atoms with Gasteiger partial charge in [0.2, 0.25) is 0 Å². The molecule has 2 bridgehead atoms. The van der Waals surface area contributed by atoms with Crippen LogP contribution >= 0.6 is 0 Å². The van der Waals surface area contributed by atoms with Crippen molar-refractivity contribution in [1.29, 1.82) is 0 Å². The molecule has 2 aliphatic heterocycles. The van der Waals surface area contributed by atoms with Crippen molar-refractivity contribution in [2.24, 2.45) is 23.7 Å². The molecule has 1 saturated carbocycles. The third-order valence-electron chi connectivity index (χ3n) is 6.98. The Morgan fingerprint density at radius 1 is 1.17 bits per heavy atom. The molecule has 138 valence electrons. The van der Waals surface area contributed by atoms with Gasteiger partial charge in [-0.25, -0.2) is 0 Å². The Kier molecular flexibility index (Phi) is 4.66. The molecule has 0 aromatic carbocycles. The molecule has 0 amide bonds. The highest BCUT2D eigenvalue weighted by atomic mass is 16.5. The van der Waals surface area contributed by atoms with Crippen LogP contribution in [0.5, 0.6) is 0 Å². The highest BCUT2D eigenvalue weighted by molar-refractivity contribution is 5.18. The van der Waals surface area contributed by atoms with E-state index in [0.29, 0.717) is 31.1 Å². The quantitative estimate of drug-likeness (QED) is 0.643.